The van der Waals surface area contributed by atoms with Crippen LogP contribution in [0.15, 0.2) is 22.7 Å². The van der Waals surface area contributed by atoms with Crippen LogP contribution in [-0.4, -0.2) is 10.2 Å². The van der Waals surface area contributed by atoms with E-state index in [1.165, 1.54) is 17.4 Å². The molecule has 1 heterocycles. The van der Waals surface area contributed by atoms with E-state index in [1.807, 2.05) is 0 Å². The van der Waals surface area contributed by atoms with Crippen molar-refractivity contribution in [2.24, 2.45) is 5.73 Å². The zero-order valence-corrected chi connectivity index (χ0v) is 9.98. The number of aromatic nitrogens is 2. The molecule has 3 nitrogen and oxygen atoms in total. The lowest BCUT2D eigenvalue weighted by atomic mass is 10.2. The van der Waals surface area contributed by atoms with Crippen molar-refractivity contribution in [3.05, 3.63) is 33.5 Å². The molecule has 0 fully saturated rings. The van der Waals surface area contributed by atoms with Crippen molar-refractivity contribution in [1.29, 1.82) is 0 Å². The summed E-state index contributed by atoms with van der Waals surface area (Å²) >= 11 is 4.53. The Hall–Kier alpha value is -0.850. The van der Waals surface area contributed by atoms with Crippen molar-refractivity contribution in [3.63, 3.8) is 0 Å². The lowest BCUT2D eigenvalue weighted by Crippen LogP contribution is -1.94. The summed E-state index contributed by atoms with van der Waals surface area (Å²) in [4.78, 5) is 0. The third-order valence-electron chi connectivity index (χ3n) is 1.81. The first-order valence-electron chi connectivity index (χ1n) is 4.18. The van der Waals surface area contributed by atoms with Gasteiger partial charge in [0.1, 0.15) is 15.8 Å². The van der Waals surface area contributed by atoms with E-state index in [1.54, 1.807) is 12.1 Å². The summed E-state index contributed by atoms with van der Waals surface area (Å²) in [5, 5.41) is 9.39. The molecule has 0 spiro atoms. The van der Waals surface area contributed by atoms with Crippen molar-refractivity contribution in [2.45, 2.75) is 6.54 Å². The predicted molar refractivity (Wildman–Crippen MR) is 60.9 cm³/mol. The van der Waals surface area contributed by atoms with Crippen LogP contribution in [0.5, 0.6) is 0 Å². The Kier molecular flexibility index (Phi) is 3.08. The monoisotopic (exact) mass is 287 g/mol. The molecule has 6 heteroatoms. The van der Waals surface area contributed by atoms with E-state index in [-0.39, 0.29) is 5.82 Å². The molecular weight excluding hydrogens is 281 g/mol. The SMILES string of the molecule is NCc1nnc(-c2ccc(F)c(Br)c2)s1. The fourth-order valence-electron chi connectivity index (χ4n) is 1.08. The van der Waals surface area contributed by atoms with Crippen LogP contribution >= 0.6 is 27.3 Å². The van der Waals surface area contributed by atoms with Crippen LogP contribution < -0.4 is 5.73 Å². The molecule has 1 aromatic carbocycles. The highest BCUT2D eigenvalue weighted by Gasteiger charge is 2.07. The molecule has 78 valence electrons. The molecule has 0 amide bonds. The van der Waals surface area contributed by atoms with E-state index in [2.05, 4.69) is 26.1 Å². The van der Waals surface area contributed by atoms with E-state index >= 15 is 0 Å². The van der Waals surface area contributed by atoms with Crippen LogP contribution in [0.3, 0.4) is 0 Å². The summed E-state index contributed by atoms with van der Waals surface area (Å²) in [5.41, 5.74) is 6.27. The first-order chi connectivity index (χ1) is 7.20. The fraction of sp³-hybridized carbons (Fsp3) is 0.111. The van der Waals surface area contributed by atoms with Gasteiger partial charge in [-0.2, -0.15) is 0 Å². The number of halogens is 2. The minimum atomic E-state index is -0.290. The van der Waals surface area contributed by atoms with Gasteiger partial charge in [0.15, 0.2) is 0 Å². The Balaban J connectivity index is 2.40. The molecule has 0 aliphatic heterocycles. The van der Waals surface area contributed by atoms with Crippen LogP contribution in [0.1, 0.15) is 5.01 Å². The lowest BCUT2D eigenvalue weighted by molar-refractivity contribution is 0.621. The van der Waals surface area contributed by atoms with E-state index in [0.717, 1.165) is 15.6 Å². The third-order valence-corrected chi connectivity index (χ3v) is 3.41. The topological polar surface area (TPSA) is 51.8 Å². The van der Waals surface area contributed by atoms with Gasteiger partial charge in [0.2, 0.25) is 0 Å². The highest BCUT2D eigenvalue weighted by molar-refractivity contribution is 9.10. The standard InChI is InChI=1S/C9H7BrFN3S/c10-6-3-5(1-2-7(6)11)9-14-13-8(4-12)15-9/h1-3H,4,12H2. The molecule has 15 heavy (non-hydrogen) atoms. The van der Waals surface area contributed by atoms with Gasteiger partial charge in [0, 0.05) is 12.1 Å². The molecule has 0 aliphatic carbocycles. The van der Waals surface area contributed by atoms with Crippen molar-refractivity contribution in [3.8, 4) is 10.6 Å². The zero-order chi connectivity index (χ0) is 10.8. The molecule has 0 atom stereocenters. The van der Waals surface area contributed by atoms with Crippen molar-refractivity contribution in [1.82, 2.24) is 10.2 Å². The molecular formula is C9H7BrFN3S. The van der Waals surface area contributed by atoms with Crippen molar-refractivity contribution >= 4 is 27.3 Å². The number of benzene rings is 1. The maximum absolute atomic E-state index is 13.0. The molecule has 1 aromatic heterocycles. The number of hydrogen-bond acceptors (Lipinski definition) is 4. The van der Waals surface area contributed by atoms with Gasteiger partial charge < -0.3 is 5.73 Å². The van der Waals surface area contributed by atoms with Gasteiger partial charge in [-0.15, -0.1) is 10.2 Å². The number of rotatable bonds is 2. The van der Waals surface area contributed by atoms with E-state index < -0.39 is 0 Å². The minimum Gasteiger partial charge on any atom is -0.324 e. The molecule has 0 saturated carbocycles. The Morgan fingerprint density at radius 1 is 1.40 bits per heavy atom. The summed E-state index contributed by atoms with van der Waals surface area (Å²) in [7, 11) is 0. The number of hydrogen-bond donors (Lipinski definition) is 1. The quantitative estimate of drug-likeness (QED) is 0.924. The molecule has 0 unspecified atom stereocenters. The first-order valence-corrected chi connectivity index (χ1v) is 5.79. The second-order valence-corrected chi connectivity index (χ2v) is 4.75. The molecule has 0 radical (unpaired) electrons. The van der Waals surface area contributed by atoms with E-state index in [0.29, 0.717) is 11.0 Å². The molecule has 2 rings (SSSR count). The third kappa shape index (κ3) is 2.22. The Bertz CT molecular complexity index is 486. The molecule has 0 bridgehead atoms. The van der Waals surface area contributed by atoms with E-state index in [4.69, 9.17) is 5.73 Å². The minimum absolute atomic E-state index is 0.290. The van der Waals surface area contributed by atoms with Crippen molar-refractivity contribution in [2.75, 3.05) is 0 Å². The number of nitrogens with two attached hydrogens (primary N) is 1. The predicted octanol–water partition coefficient (Wildman–Crippen LogP) is 2.57. The maximum Gasteiger partial charge on any atom is 0.147 e. The van der Waals surface area contributed by atoms with Crippen LogP contribution in [0, 0.1) is 5.82 Å². The summed E-state index contributed by atoms with van der Waals surface area (Å²) in [6.45, 7) is 0.375. The fourth-order valence-corrected chi connectivity index (χ4v) is 2.18. The Morgan fingerprint density at radius 3 is 2.80 bits per heavy atom. The highest BCUT2D eigenvalue weighted by atomic mass is 79.9. The average Bonchev–Trinajstić information content (AvgIpc) is 2.70. The van der Waals surface area contributed by atoms with Crippen LogP contribution in [0.4, 0.5) is 4.39 Å². The van der Waals surface area contributed by atoms with Gasteiger partial charge in [-0.3, -0.25) is 0 Å². The second-order valence-electron chi connectivity index (χ2n) is 2.83. The normalized spacial score (nSPS) is 10.6. The van der Waals surface area contributed by atoms with Gasteiger partial charge in [-0.1, -0.05) is 11.3 Å². The smallest absolute Gasteiger partial charge is 0.147 e. The Morgan fingerprint density at radius 2 is 2.20 bits per heavy atom. The summed E-state index contributed by atoms with van der Waals surface area (Å²) in [6.07, 6.45) is 0. The van der Waals surface area contributed by atoms with Gasteiger partial charge in [0.25, 0.3) is 0 Å². The van der Waals surface area contributed by atoms with Gasteiger partial charge >= 0.3 is 0 Å². The molecule has 0 saturated heterocycles. The Labute approximate surface area is 98.3 Å². The number of nitrogens with zero attached hydrogens (tertiary/aromatic N) is 2. The summed E-state index contributed by atoms with van der Waals surface area (Å²) in [5.74, 6) is -0.290. The van der Waals surface area contributed by atoms with Gasteiger partial charge in [0.05, 0.1) is 4.47 Å². The van der Waals surface area contributed by atoms with Gasteiger partial charge in [-0.05, 0) is 34.1 Å². The second kappa shape index (κ2) is 4.34. The molecule has 2 aromatic rings. The van der Waals surface area contributed by atoms with Crippen LogP contribution in [0.2, 0.25) is 0 Å². The molecule has 0 aliphatic rings. The highest BCUT2D eigenvalue weighted by Crippen LogP contribution is 2.27. The van der Waals surface area contributed by atoms with E-state index in [9.17, 15) is 4.39 Å². The largest absolute Gasteiger partial charge is 0.324 e. The lowest BCUT2D eigenvalue weighted by Gasteiger charge is -1.97. The maximum atomic E-state index is 13.0. The van der Waals surface area contributed by atoms with Crippen LogP contribution in [-0.2, 0) is 6.54 Å². The van der Waals surface area contributed by atoms with Crippen molar-refractivity contribution < 1.29 is 4.39 Å². The van der Waals surface area contributed by atoms with Crippen LogP contribution in [0.25, 0.3) is 10.6 Å². The summed E-state index contributed by atoms with van der Waals surface area (Å²) in [6, 6.07) is 4.74. The van der Waals surface area contributed by atoms with Gasteiger partial charge in [-0.25, -0.2) is 4.39 Å². The summed E-state index contributed by atoms with van der Waals surface area (Å²) < 4.78 is 13.4. The zero-order valence-electron chi connectivity index (χ0n) is 7.58. The first kappa shape index (κ1) is 10.7. The average molecular weight is 288 g/mol. The molecule has 2 N–H and O–H groups in total.